The van der Waals surface area contributed by atoms with Crippen molar-refractivity contribution in [2.24, 2.45) is 0 Å². The monoisotopic (exact) mass is 231 g/mol. The average molecular weight is 231 g/mol. The maximum absolute atomic E-state index is 4.51. The van der Waals surface area contributed by atoms with Gasteiger partial charge >= 0.3 is 0 Å². The fourth-order valence-electron chi connectivity index (χ4n) is 2.47. The van der Waals surface area contributed by atoms with Crippen LogP contribution in [-0.2, 0) is 5.54 Å². The maximum Gasteiger partial charge on any atom is 0.177 e. The molecule has 1 aliphatic heterocycles. The van der Waals surface area contributed by atoms with Gasteiger partial charge in [0, 0.05) is 0 Å². The fraction of sp³-hybridized carbons (Fsp3) is 0.583. The molecule has 1 atom stereocenters. The summed E-state index contributed by atoms with van der Waals surface area (Å²) in [6, 6.07) is 3.93. The van der Waals surface area contributed by atoms with Gasteiger partial charge in [-0.25, -0.2) is 0 Å². The van der Waals surface area contributed by atoms with Crippen molar-refractivity contribution in [2.45, 2.75) is 38.6 Å². The first-order valence-corrected chi connectivity index (χ1v) is 6.14. The lowest BCUT2D eigenvalue weighted by Gasteiger charge is -2.32. The van der Waals surface area contributed by atoms with E-state index in [1.54, 1.807) is 0 Å². The van der Waals surface area contributed by atoms with Crippen molar-refractivity contribution in [3.63, 3.8) is 0 Å². The van der Waals surface area contributed by atoms with Crippen LogP contribution in [0.4, 0.5) is 0 Å². The average Bonchev–Trinajstić information content (AvgIpc) is 2.73. The van der Waals surface area contributed by atoms with Gasteiger partial charge in [-0.1, -0.05) is 0 Å². The first-order chi connectivity index (χ1) is 8.19. The van der Waals surface area contributed by atoms with Gasteiger partial charge in [-0.3, -0.25) is 0 Å². The molecule has 90 valence electrons. The van der Waals surface area contributed by atoms with Gasteiger partial charge in [0.05, 0.1) is 11.2 Å². The van der Waals surface area contributed by atoms with E-state index in [1.165, 1.54) is 12.8 Å². The van der Waals surface area contributed by atoms with Crippen molar-refractivity contribution >= 4 is 5.65 Å². The minimum absolute atomic E-state index is 0.0987. The number of piperidine rings is 1. The van der Waals surface area contributed by atoms with Gasteiger partial charge in [0.2, 0.25) is 0 Å². The molecule has 1 unspecified atom stereocenters. The second kappa shape index (κ2) is 3.77. The van der Waals surface area contributed by atoms with Crippen LogP contribution < -0.4 is 5.32 Å². The molecule has 0 spiro atoms. The van der Waals surface area contributed by atoms with Crippen LogP contribution in [0.1, 0.15) is 37.7 Å². The lowest BCUT2D eigenvalue weighted by molar-refractivity contribution is 0.264. The van der Waals surface area contributed by atoms with Gasteiger partial charge in [-0.2, -0.15) is 9.61 Å². The number of nitrogens with one attached hydrogen (secondary N) is 1. The molecule has 3 heterocycles. The van der Waals surface area contributed by atoms with E-state index in [0.717, 1.165) is 30.1 Å². The predicted octanol–water partition coefficient (Wildman–Crippen LogP) is 1.42. The van der Waals surface area contributed by atoms with Crippen LogP contribution in [0.2, 0.25) is 0 Å². The van der Waals surface area contributed by atoms with E-state index in [-0.39, 0.29) is 5.54 Å². The molecule has 1 N–H and O–H groups in total. The first kappa shape index (κ1) is 10.7. The van der Waals surface area contributed by atoms with Crippen LogP contribution in [0.3, 0.4) is 0 Å². The second-order valence-corrected chi connectivity index (χ2v) is 4.98. The number of aromatic nitrogens is 4. The molecule has 0 aromatic carbocycles. The quantitative estimate of drug-likeness (QED) is 0.806. The summed E-state index contributed by atoms with van der Waals surface area (Å²) in [6.45, 7) is 5.21. The van der Waals surface area contributed by atoms with E-state index in [1.807, 2.05) is 23.6 Å². The Hall–Kier alpha value is -1.49. The normalized spacial score (nSPS) is 25.3. The van der Waals surface area contributed by atoms with Gasteiger partial charge in [-0.05, 0) is 51.8 Å². The molecule has 17 heavy (non-hydrogen) atoms. The van der Waals surface area contributed by atoms with E-state index in [0.29, 0.717) is 0 Å². The third kappa shape index (κ3) is 1.70. The van der Waals surface area contributed by atoms with E-state index in [4.69, 9.17) is 0 Å². The molecule has 2 aromatic rings. The molecule has 5 heteroatoms. The maximum atomic E-state index is 4.51. The fourth-order valence-corrected chi connectivity index (χ4v) is 2.47. The Morgan fingerprint density at radius 2 is 2.18 bits per heavy atom. The zero-order valence-corrected chi connectivity index (χ0v) is 10.3. The summed E-state index contributed by atoms with van der Waals surface area (Å²) in [7, 11) is 0. The van der Waals surface area contributed by atoms with Crippen molar-refractivity contribution in [3.05, 3.63) is 23.7 Å². The van der Waals surface area contributed by atoms with E-state index < -0.39 is 0 Å². The second-order valence-electron chi connectivity index (χ2n) is 4.98. The molecule has 2 aromatic heterocycles. The third-order valence-electron chi connectivity index (χ3n) is 3.51. The molecule has 3 rings (SSSR count). The number of aryl methyl sites for hydroxylation is 1. The number of hydrogen-bond acceptors (Lipinski definition) is 4. The van der Waals surface area contributed by atoms with E-state index in [2.05, 4.69) is 27.5 Å². The lowest BCUT2D eigenvalue weighted by Crippen LogP contribution is -2.44. The van der Waals surface area contributed by atoms with Crippen molar-refractivity contribution in [1.29, 1.82) is 0 Å². The van der Waals surface area contributed by atoms with Crippen LogP contribution in [0.25, 0.3) is 5.65 Å². The van der Waals surface area contributed by atoms with Crippen molar-refractivity contribution in [2.75, 3.05) is 6.54 Å². The minimum Gasteiger partial charge on any atom is -0.305 e. The number of hydrogen-bond donors (Lipinski definition) is 1. The van der Waals surface area contributed by atoms with Gasteiger partial charge in [0.1, 0.15) is 0 Å². The summed E-state index contributed by atoms with van der Waals surface area (Å²) >= 11 is 0. The van der Waals surface area contributed by atoms with Crippen molar-refractivity contribution in [1.82, 2.24) is 25.1 Å². The Kier molecular flexibility index (Phi) is 2.36. The Morgan fingerprint density at radius 3 is 2.94 bits per heavy atom. The van der Waals surface area contributed by atoms with E-state index in [9.17, 15) is 0 Å². The molecule has 1 fully saturated rings. The van der Waals surface area contributed by atoms with Gasteiger partial charge in [0.15, 0.2) is 11.5 Å². The summed E-state index contributed by atoms with van der Waals surface area (Å²) < 4.78 is 1.87. The molecular formula is C12H17N5. The summed E-state index contributed by atoms with van der Waals surface area (Å²) in [4.78, 5) is 0. The molecule has 1 saturated heterocycles. The van der Waals surface area contributed by atoms with Crippen molar-refractivity contribution in [3.8, 4) is 0 Å². The third-order valence-corrected chi connectivity index (χ3v) is 3.51. The largest absolute Gasteiger partial charge is 0.305 e. The Morgan fingerprint density at radius 1 is 1.29 bits per heavy atom. The van der Waals surface area contributed by atoms with Crippen LogP contribution in [0.15, 0.2) is 12.1 Å². The highest BCUT2D eigenvalue weighted by Gasteiger charge is 2.33. The van der Waals surface area contributed by atoms with Crippen LogP contribution >= 0.6 is 0 Å². The highest BCUT2D eigenvalue weighted by Crippen LogP contribution is 2.28. The molecular weight excluding hydrogens is 214 g/mol. The molecule has 0 bridgehead atoms. The van der Waals surface area contributed by atoms with Crippen LogP contribution in [0, 0.1) is 6.92 Å². The summed E-state index contributed by atoms with van der Waals surface area (Å²) in [5.41, 5.74) is 1.70. The molecule has 0 radical (unpaired) electrons. The van der Waals surface area contributed by atoms with Crippen LogP contribution in [0.5, 0.6) is 0 Å². The molecule has 0 aliphatic carbocycles. The van der Waals surface area contributed by atoms with Crippen molar-refractivity contribution < 1.29 is 0 Å². The Bertz CT molecular complexity index is 539. The zero-order valence-electron chi connectivity index (χ0n) is 10.3. The number of fused-ring (bicyclic) bond motifs is 1. The molecule has 1 aliphatic rings. The Labute approximate surface area is 100 Å². The highest BCUT2D eigenvalue weighted by atomic mass is 15.4. The van der Waals surface area contributed by atoms with E-state index >= 15 is 0 Å². The van der Waals surface area contributed by atoms with Gasteiger partial charge in [-0.15, -0.1) is 10.2 Å². The summed E-state index contributed by atoms with van der Waals surface area (Å²) in [5, 5.41) is 16.6. The molecule has 5 nitrogen and oxygen atoms in total. The summed E-state index contributed by atoms with van der Waals surface area (Å²) in [5.74, 6) is 0.927. The highest BCUT2D eigenvalue weighted by molar-refractivity contribution is 5.37. The minimum atomic E-state index is -0.0987. The number of rotatable bonds is 1. The standard InChI is InChI=1S/C12H17N5/c1-9-5-6-10-14-15-11(17(10)16-9)12(2)7-3-4-8-13-12/h5-6,13H,3-4,7-8H2,1-2H3. The summed E-state index contributed by atoms with van der Waals surface area (Å²) in [6.07, 6.45) is 3.55. The molecule has 0 amide bonds. The SMILES string of the molecule is Cc1ccc2nnc(C3(C)CCCCN3)n2n1. The predicted molar refractivity (Wildman–Crippen MR) is 64.7 cm³/mol. The van der Waals surface area contributed by atoms with Gasteiger partial charge in [0.25, 0.3) is 0 Å². The smallest absolute Gasteiger partial charge is 0.177 e. The molecule has 0 saturated carbocycles. The van der Waals surface area contributed by atoms with Gasteiger partial charge < -0.3 is 5.32 Å². The lowest BCUT2D eigenvalue weighted by atomic mass is 9.90. The first-order valence-electron chi connectivity index (χ1n) is 6.14. The number of nitrogens with zero attached hydrogens (tertiary/aromatic N) is 4. The topological polar surface area (TPSA) is 55.1 Å². The zero-order chi connectivity index (χ0) is 11.9. The Balaban J connectivity index is 2.13. The van der Waals surface area contributed by atoms with Crippen LogP contribution in [-0.4, -0.2) is 26.4 Å².